The second-order valence-electron chi connectivity index (χ2n) is 4.35. The van der Waals surface area contributed by atoms with E-state index in [1.165, 1.54) is 6.08 Å². The van der Waals surface area contributed by atoms with Crippen molar-refractivity contribution >= 4 is 29.5 Å². The molecule has 0 saturated carbocycles. The Morgan fingerprint density at radius 3 is 2.35 bits per heavy atom. The van der Waals surface area contributed by atoms with Gasteiger partial charge in [-0.1, -0.05) is 23.7 Å². The summed E-state index contributed by atoms with van der Waals surface area (Å²) in [4.78, 5) is 20.1. The first kappa shape index (κ1) is 14.2. The number of hydrogen-bond acceptors (Lipinski definition) is 3. The normalized spacial score (nSPS) is 10.8. The molecule has 1 amide bonds. The van der Waals surface area contributed by atoms with Crippen molar-refractivity contribution in [1.82, 2.24) is 9.97 Å². The van der Waals surface area contributed by atoms with Gasteiger partial charge in [-0.2, -0.15) is 0 Å². The van der Waals surface area contributed by atoms with E-state index in [0.717, 1.165) is 17.0 Å². The van der Waals surface area contributed by atoms with Gasteiger partial charge in [-0.05, 0) is 43.7 Å². The number of carbonyl (C=O) groups is 1. The monoisotopic (exact) mass is 287 g/mol. The minimum absolute atomic E-state index is 0.273. The van der Waals surface area contributed by atoms with E-state index >= 15 is 0 Å². The fraction of sp³-hybridized carbons (Fsp3) is 0.133. The zero-order chi connectivity index (χ0) is 14.5. The maximum Gasteiger partial charge on any atom is 0.250 e. The number of halogens is 1. The summed E-state index contributed by atoms with van der Waals surface area (Å²) < 4.78 is 0. The van der Waals surface area contributed by atoms with Crippen molar-refractivity contribution < 1.29 is 4.79 Å². The lowest BCUT2D eigenvalue weighted by Crippen LogP contribution is -2.11. The smallest absolute Gasteiger partial charge is 0.250 e. The SMILES string of the molecule is Cc1cc(C)nc(NC(=O)/C=C/c2ccc(Cl)cc2)n1. The summed E-state index contributed by atoms with van der Waals surface area (Å²) in [5, 5.41) is 3.29. The van der Waals surface area contributed by atoms with Gasteiger partial charge in [0.1, 0.15) is 0 Å². The van der Waals surface area contributed by atoms with Gasteiger partial charge in [0.2, 0.25) is 5.95 Å². The molecular formula is C15H14ClN3O. The van der Waals surface area contributed by atoms with Gasteiger partial charge in [0, 0.05) is 22.5 Å². The van der Waals surface area contributed by atoms with E-state index in [2.05, 4.69) is 15.3 Å². The lowest BCUT2D eigenvalue weighted by atomic mass is 10.2. The van der Waals surface area contributed by atoms with Crippen LogP contribution in [0.1, 0.15) is 17.0 Å². The summed E-state index contributed by atoms with van der Waals surface area (Å²) >= 11 is 5.79. The number of nitrogens with one attached hydrogen (secondary N) is 1. The minimum Gasteiger partial charge on any atom is -0.291 e. The van der Waals surface area contributed by atoms with E-state index in [-0.39, 0.29) is 5.91 Å². The fourth-order valence-electron chi connectivity index (χ4n) is 1.68. The standard InChI is InChI=1S/C15H14ClN3O/c1-10-9-11(2)18-15(17-10)19-14(20)8-5-12-3-6-13(16)7-4-12/h3-9H,1-2H3,(H,17,18,19,20)/b8-5+. The Morgan fingerprint density at radius 2 is 1.75 bits per heavy atom. The van der Waals surface area contributed by atoms with Crippen molar-refractivity contribution in [3.05, 3.63) is 58.4 Å². The molecule has 0 saturated heterocycles. The van der Waals surface area contributed by atoms with Crippen LogP contribution in [-0.4, -0.2) is 15.9 Å². The Kier molecular flexibility index (Phi) is 4.48. The molecule has 4 nitrogen and oxygen atoms in total. The summed E-state index contributed by atoms with van der Waals surface area (Å²) in [6.45, 7) is 3.71. The fourth-order valence-corrected chi connectivity index (χ4v) is 1.81. The summed E-state index contributed by atoms with van der Waals surface area (Å²) in [6, 6.07) is 9.05. The van der Waals surface area contributed by atoms with Crippen molar-refractivity contribution in [2.24, 2.45) is 0 Å². The molecule has 0 fully saturated rings. The lowest BCUT2D eigenvalue weighted by Gasteiger charge is -2.02. The summed E-state index contributed by atoms with van der Waals surface area (Å²) in [7, 11) is 0. The molecule has 0 radical (unpaired) electrons. The van der Waals surface area contributed by atoms with Crippen molar-refractivity contribution in [3.63, 3.8) is 0 Å². The predicted octanol–water partition coefficient (Wildman–Crippen LogP) is 3.40. The molecule has 0 bridgehead atoms. The number of amides is 1. The molecule has 0 aliphatic heterocycles. The van der Waals surface area contributed by atoms with Gasteiger partial charge in [-0.25, -0.2) is 9.97 Å². The summed E-state index contributed by atoms with van der Waals surface area (Å²) in [5.74, 6) is 0.0400. The van der Waals surface area contributed by atoms with Gasteiger partial charge in [-0.3, -0.25) is 10.1 Å². The van der Waals surface area contributed by atoms with Crippen LogP contribution in [-0.2, 0) is 4.79 Å². The molecule has 20 heavy (non-hydrogen) atoms. The molecule has 102 valence electrons. The first-order valence-corrected chi connectivity index (χ1v) is 6.47. The number of aromatic nitrogens is 2. The molecule has 0 aliphatic rings. The maximum absolute atomic E-state index is 11.8. The van der Waals surface area contributed by atoms with E-state index in [4.69, 9.17) is 11.6 Å². The second kappa shape index (κ2) is 6.30. The highest BCUT2D eigenvalue weighted by atomic mass is 35.5. The zero-order valence-corrected chi connectivity index (χ0v) is 12.0. The second-order valence-corrected chi connectivity index (χ2v) is 4.78. The summed E-state index contributed by atoms with van der Waals surface area (Å²) in [6.07, 6.45) is 3.14. The first-order valence-electron chi connectivity index (χ1n) is 6.10. The molecule has 2 rings (SSSR count). The van der Waals surface area contributed by atoms with E-state index in [9.17, 15) is 4.79 Å². The Balaban J connectivity index is 2.03. The van der Waals surface area contributed by atoms with Crippen LogP contribution in [0.15, 0.2) is 36.4 Å². The largest absolute Gasteiger partial charge is 0.291 e. The molecular weight excluding hydrogens is 274 g/mol. The van der Waals surface area contributed by atoms with Crippen molar-refractivity contribution in [1.29, 1.82) is 0 Å². The van der Waals surface area contributed by atoms with E-state index in [1.807, 2.05) is 32.0 Å². The first-order chi connectivity index (χ1) is 9.52. The zero-order valence-electron chi connectivity index (χ0n) is 11.2. The number of hydrogen-bond donors (Lipinski definition) is 1. The number of rotatable bonds is 3. The van der Waals surface area contributed by atoms with E-state index in [0.29, 0.717) is 11.0 Å². The topological polar surface area (TPSA) is 54.9 Å². The van der Waals surface area contributed by atoms with E-state index in [1.54, 1.807) is 18.2 Å². The molecule has 1 N–H and O–H groups in total. The van der Waals surface area contributed by atoms with Crippen LogP contribution in [0, 0.1) is 13.8 Å². The molecule has 1 aromatic carbocycles. The minimum atomic E-state index is -0.273. The third-order valence-corrected chi connectivity index (χ3v) is 2.77. The third kappa shape index (κ3) is 4.17. The van der Waals surface area contributed by atoms with Gasteiger partial charge in [0.15, 0.2) is 0 Å². The van der Waals surface area contributed by atoms with Crippen LogP contribution >= 0.6 is 11.6 Å². The maximum atomic E-state index is 11.8. The van der Waals surface area contributed by atoms with Crippen LogP contribution in [0.25, 0.3) is 6.08 Å². The Bertz CT molecular complexity index is 630. The number of carbonyl (C=O) groups excluding carboxylic acids is 1. The molecule has 1 heterocycles. The summed E-state index contributed by atoms with van der Waals surface area (Å²) in [5.41, 5.74) is 2.52. The van der Waals surface area contributed by atoms with Gasteiger partial charge < -0.3 is 0 Å². The Morgan fingerprint density at radius 1 is 1.15 bits per heavy atom. The molecule has 1 aromatic heterocycles. The Hall–Kier alpha value is -2.20. The number of anilines is 1. The highest BCUT2D eigenvalue weighted by molar-refractivity contribution is 6.30. The highest BCUT2D eigenvalue weighted by Gasteiger charge is 2.02. The van der Waals surface area contributed by atoms with E-state index < -0.39 is 0 Å². The molecule has 0 aliphatic carbocycles. The van der Waals surface area contributed by atoms with Crippen LogP contribution in [0.2, 0.25) is 5.02 Å². The van der Waals surface area contributed by atoms with Gasteiger partial charge >= 0.3 is 0 Å². The van der Waals surface area contributed by atoms with Crippen molar-refractivity contribution in [2.45, 2.75) is 13.8 Å². The molecule has 0 unspecified atom stereocenters. The number of benzene rings is 1. The number of aryl methyl sites for hydroxylation is 2. The third-order valence-electron chi connectivity index (χ3n) is 2.51. The lowest BCUT2D eigenvalue weighted by molar-refractivity contribution is -0.111. The average molecular weight is 288 g/mol. The molecule has 2 aromatic rings. The quantitative estimate of drug-likeness (QED) is 0.880. The average Bonchev–Trinajstić information content (AvgIpc) is 2.37. The van der Waals surface area contributed by atoms with Crippen LogP contribution in [0.5, 0.6) is 0 Å². The van der Waals surface area contributed by atoms with Gasteiger partial charge in [0.25, 0.3) is 5.91 Å². The predicted molar refractivity (Wildman–Crippen MR) is 80.6 cm³/mol. The van der Waals surface area contributed by atoms with Crippen LogP contribution in [0.3, 0.4) is 0 Å². The molecule has 5 heteroatoms. The highest BCUT2D eigenvalue weighted by Crippen LogP contribution is 2.10. The van der Waals surface area contributed by atoms with Crippen LogP contribution in [0.4, 0.5) is 5.95 Å². The van der Waals surface area contributed by atoms with Crippen molar-refractivity contribution in [3.8, 4) is 0 Å². The van der Waals surface area contributed by atoms with Crippen molar-refractivity contribution in [2.75, 3.05) is 5.32 Å². The van der Waals surface area contributed by atoms with Gasteiger partial charge in [-0.15, -0.1) is 0 Å². The van der Waals surface area contributed by atoms with Crippen LogP contribution < -0.4 is 5.32 Å². The Labute approximate surface area is 122 Å². The number of nitrogens with zero attached hydrogens (tertiary/aromatic N) is 2. The van der Waals surface area contributed by atoms with Gasteiger partial charge in [0.05, 0.1) is 0 Å². The molecule has 0 atom stereocenters. The molecule has 0 spiro atoms.